The largest absolute Gasteiger partial charge is 0.489 e. The molecule has 0 atom stereocenters. The van der Waals surface area contributed by atoms with Crippen LogP contribution in [0.4, 0.5) is 18.9 Å². The highest BCUT2D eigenvalue weighted by Gasteiger charge is 2.53. The number of benzene rings is 2. The number of aromatic amines is 1. The molecule has 0 saturated carbocycles. The van der Waals surface area contributed by atoms with Crippen molar-refractivity contribution >= 4 is 22.5 Å². The molecule has 3 aliphatic heterocycles. The van der Waals surface area contributed by atoms with E-state index in [1.54, 1.807) is 6.07 Å². The molecule has 1 amide bonds. The molecule has 3 N–H and O–H groups in total. The molecule has 3 saturated heterocycles. The number of fused-ring (bicyclic) bond motifs is 1. The van der Waals surface area contributed by atoms with Gasteiger partial charge in [-0.1, -0.05) is 6.07 Å². The summed E-state index contributed by atoms with van der Waals surface area (Å²) in [7, 11) is 0. The lowest BCUT2D eigenvalue weighted by Gasteiger charge is -2.61. The number of anilines is 1. The van der Waals surface area contributed by atoms with E-state index in [1.807, 2.05) is 36.1 Å². The summed E-state index contributed by atoms with van der Waals surface area (Å²) in [4.78, 5) is 15.7. The first-order valence-electron chi connectivity index (χ1n) is 12.8. The molecule has 0 unspecified atom stereocenters. The van der Waals surface area contributed by atoms with Gasteiger partial charge in [0.05, 0.1) is 47.6 Å². The van der Waals surface area contributed by atoms with Crippen molar-refractivity contribution < 1.29 is 27.4 Å². The van der Waals surface area contributed by atoms with Gasteiger partial charge in [0.2, 0.25) is 0 Å². The van der Waals surface area contributed by atoms with E-state index >= 15 is 0 Å². The van der Waals surface area contributed by atoms with E-state index in [0.717, 1.165) is 46.3 Å². The fraction of sp³-hybridized carbons (Fsp3) is 0.481. The van der Waals surface area contributed by atoms with Crippen molar-refractivity contribution in [3.05, 3.63) is 41.6 Å². The fourth-order valence-electron chi connectivity index (χ4n) is 6.09. The smallest absolute Gasteiger partial charge is 0.401 e. The quantitative estimate of drug-likeness (QED) is 0.503. The van der Waals surface area contributed by atoms with Crippen LogP contribution in [0.3, 0.4) is 0 Å². The standard InChI is InChI=1S/C27H30F3N5O3/c1-16-24-21(33-32-16)8-18(10-23(24)38-19-4-6-37-7-5-19)17-2-3-20(25(31)36)22(9-17)35-13-26(14-35)11-34(12-26)15-27(28,29)30/h2-3,8-10,19H,4-7,11-15H2,1H3,(H2,31,36)(H,32,33). The number of hydrogen-bond acceptors (Lipinski definition) is 6. The van der Waals surface area contributed by atoms with Crippen molar-refractivity contribution in [2.75, 3.05) is 50.8 Å². The Bertz CT molecular complexity index is 1370. The average molecular weight is 530 g/mol. The lowest BCUT2D eigenvalue weighted by Crippen LogP contribution is -2.73. The summed E-state index contributed by atoms with van der Waals surface area (Å²) in [5.41, 5.74) is 10.1. The number of likely N-dealkylation sites (tertiary alicyclic amines) is 1. The number of aryl methyl sites for hydroxylation is 1. The third-order valence-electron chi connectivity index (χ3n) is 7.78. The number of hydrogen-bond donors (Lipinski definition) is 2. The minimum atomic E-state index is -4.19. The number of halogens is 3. The van der Waals surface area contributed by atoms with Crippen LogP contribution in [0, 0.1) is 12.3 Å². The Morgan fingerprint density at radius 1 is 1.16 bits per heavy atom. The first-order valence-corrected chi connectivity index (χ1v) is 12.8. The van der Waals surface area contributed by atoms with Gasteiger partial charge < -0.3 is 20.1 Å². The molecule has 202 valence electrons. The zero-order valence-electron chi connectivity index (χ0n) is 21.1. The first-order chi connectivity index (χ1) is 18.1. The number of rotatable bonds is 6. The van der Waals surface area contributed by atoms with Gasteiger partial charge in [-0.25, -0.2) is 0 Å². The van der Waals surface area contributed by atoms with E-state index in [9.17, 15) is 18.0 Å². The summed E-state index contributed by atoms with van der Waals surface area (Å²) in [6.07, 6.45) is -2.50. The number of amides is 1. The molecule has 1 aromatic heterocycles. The van der Waals surface area contributed by atoms with Gasteiger partial charge in [-0.2, -0.15) is 18.3 Å². The Kier molecular flexibility index (Phi) is 6.03. The first kappa shape index (κ1) is 25.0. The highest BCUT2D eigenvalue weighted by molar-refractivity contribution is 6.00. The summed E-state index contributed by atoms with van der Waals surface area (Å²) < 4.78 is 50.1. The number of H-pyrrole nitrogens is 1. The van der Waals surface area contributed by atoms with Gasteiger partial charge in [-0.05, 0) is 42.3 Å². The van der Waals surface area contributed by atoms with Gasteiger partial charge in [0.1, 0.15) is 11.9 Å². The van der Waals surface area contributed by atoms with Gasteiger partial charge in [0.25, 0.3) is 5.91 Å². The molecule has 8 nitrogen and oxygen atoms in total. The molecule has 0 bridgehead atoms. The van der Waals surface area contributed by atoms with Crippen LogP contribution in [-0.2, 0) is 4.74 Å². The molecular weight excluding hydrogens is 499 g/mol. The molecule has 3 fully saturated rings. The SMILES string of the molecule is Cc1n[nH]c2cc(-c3ccc(C(N)=O)c(N4CC5(CN(CC(F)(F)F)C5)C4)c3)cc(OC3CCOCC3)c12. The number of nitrogens with one attached hydrogen (secondary N) is 1. The summed E-state index contributed by atoms with van der Waals surface area (Å²) >= 11 is 0. The number of primary amides is 1. The number of alkyl halides is 3. The second-order valence-electron chi connectivity index (χ2n) is 10.8. The molecule has 1 spiro atoms. The molecule has 38 heavy (non-hydrogen) atoms. The minimum Gasteiger partial charge on any atom is -0.489 e. The van der Waals surface area contributed by atoms with Crippen LogP contribution >= 0.6 is 0 Å². The lowest BCUT2D eigenvalue weighted by molar-refractivity contribution is -0.172. The van der Waals surface area contributed by atoms with Crippen LogP contribution in [0.15, 0.2) is 30.3 Å². The lowest BCUT2D eigenvalue weighted by atomic mass is 9.72. The second kappa shape index (κ2) is 9.16. The van der Waals surface area contributed by atoms with Crippen molar-refractivity contribution in [3.8, 4) is 16.9 Å². The third kappa shape index (κ3) is 4.69. The van der Waals surface area contributed by atoms with E-state index in [2.05, 4.69) is 10.2 Å². The van der Waals surface area contributed by atoms with Crippen molar-refractivity contribution in [2.24, 2.45) is 11.1 Å². The van der Waals surface area contributed by atoms with E-state index < -0.39 is 18.6 Å². The predicted octanol–water partition coefficient (Wildman–Crippen LogP) is 3.88. The number of carbonyl (C=O) groups excluding carboxylic acids is 1. The van der Waals surface area contributed by atoms with Gasteiger partial charge in [0, 0.05) is 44.4 Å². The molecule has 3 aromatic rings. The molecule has 6 rings (SSSR count). The van der Waals surface area contributed by atoms with E-state index in [0.29, 0.717) is 50.6 Å². The zero-order valence-corrected chi connectivity index (χ0v) is 21.1. The third-order valence-corrected chi connectivity index (χ3v) is 7.78. The van der Waals surface area contributed by atoms with E-state index in [-0.39, 0.29) is 11.5 Å². The second-order valence-corrected chi connectivity index (χ2v) is 10.8. The summed E-state index contributed by atoms with van der Waals surface area (Å²) in [5.74, 6) is 0.210. The molecule has 0 radical (unpaired) electrons. The number of nitrogens with two attached hydrogens (primary N) is 1. The minimum absolute atomic E-state index is 0.0564. The molecule has 4 heterocycles. The maximum atomic E-state index is 12.7. The highest BCUT2D eigenvalue weighted by Crippen LogP contribution is 2.45. The number of nitrogens with zero attached hydrogens (tertiary/aromatic N) is 3. The monoisotopic (exact) mass is 529 g/mol. The summed E-state index contributed by atoms with van der Waals surface area (Å²) in [5, 5.41) is 8.40. The predicted molar refractivity (Wildman–Crippen MR) is 136 cm³/mol. The van der Waals surface area contributed by atoms with E-state index in [4.69, 9.17) is 15.2 Å². The van der Waals surface area contributed by atoms with Crippen LogP contribution in [0.25, 0.3) is 22.0 Å². The Hall–Kier alpha value is -3.31. The Labute approximate surface area is 217 Å². The molecule has 3 aliphatic rings. The molecule has 0 aliphatic carbocycles. The topological polar surface area (TPSA) is 96.7 Å². The number of aromatic nitrogens is 2. The van der Waals surface area contributed by atoms with Gasteiger partial charge in [-0.3, -0.25) is 14.8 Å². The van der Waals surface area contributed by atoms with Crippen LogP contribution in [0.1, 0.15) is 28.9 Å². The Balaban J connectivity index is 1.28. The van der Waals surface area contributed by atoms with Crippen LogP contribution in [-0.4, -0.2) is 79.2 Å². The maximum Gasteiger partial charge on any atom is 0.401 e. The van der Waals surface area contributed by atoms with Crippen molar-refractivity contribution in [1.29, 1.82) is 0 Å². The number of carbonyl (C=O) groups is 1. The number of ether oxygens (including phenoxy) is 2. The van der Waals surface area contributed by atoms with Crippen molar-refractivity contribution in [2.45, 2.75) is 32.0 Å². The molecule has 11 heteroatoms. The fourth-order valence-corrected chi connectivity index (χ4v) is 6.09. The maximum absolute atomic E-state index is 12.7. The van der Waals surface area contributed by atoms with Crippen molar-refractivity contribution in [1.82, 2.24) is 15.1 Å². The van der Waals surface area contributed by atoms with Gasteiger partial charge in [0.15, 0.2) is 0 Å². The normalized spacial score (nSPS) is 19.9. The zero-order chi connectivity index (χ0) is 26.7. The molecular formula is C27H30F3N5O3. The van der Waals surface area contributed by atoms with Crippen LogP contribution in [0.5, 0.6) is 5.75 Å². The average Bonchev–Trinajstić information content (AvgIpc) is 3.20. The van der Waals surface area contributed by atoms with Gasteiger partial charge >= 0.3 is 6.18 Å². The van der Waals surface area contributed by atoms with Crippen molar-refractivity contribution in [3.63, 3.8) is 0 Å². The summed E-state index contributed by atoms with van der Waals surface area (Å²) in [6.45, 7) is 4.36. The van der Waals surface area contributed by atoms with Gasteiger partial charge in [-0.15, -0.1) is 0 Å². The Morgan fingerprint density at radius 3 is 2.58 bits per heavy atom. The van der Waals surface area contributed by atoms with Crippen LogP contribution in [0.2, 0.25) is 0 Å². The Morgan fingerprint density at radius 2 is 1.89 bits per heavy atom. The molecule has 2 aromatic carbocycles. The summed E-state index contributed by atoms with van der Waals surface area (Å²) in [6, 6.07) is 9.52. The highest BCUT2D eigenvalue weighted by atomic mass is 19.4. The van der Waals surface area contributed by atoms with Crippen LogP contribution < -0.4 is 15.4 Å². The van der Waals surface area contributed by atoms with E-state index in [1.165, 1.54) is 4.90 Å².